The number of benzene rings is 1. The minimum atomic E-state index is -0.616. The molecule has 0 heterocycles. The van der Waals surface area contributed by atoms with Gasteiger partial charge in [0.15, 0.2) is 5.78 Å². The Labute approximate surface area is 96.5 Å². The van der Waals surface area contributed by atoms with Crippen LogP contribution >= 0.6 is 43.5 Å². The molecule has 0 unspecified atom stereocenters. The third-order valence-corrected chi connectivity index (χ3v) is 2.55. The van der Waals surface area contributed by atoms with E-state index in [1.54, 1.807) is 0 Å². The van der Waals surface area contributed by atoms with Gasteiger partial charge in [0.05, 0.1) is 10.6 Å². The summed E-state index contributed by atoms with van der Waals surface area (Å²) < 4.78 is 12.5. The number of halogens is 4. The van der Waals surface area contributed by atoms with Crippen LogP contribution in [0.2, 0.25) is 5.02 Å². The Morgan fingerprint density at radius 1 is 1.46 bits per heavy atom. The number of Topliss-reactive ketones (excluding diaryl/α,β-unsaturated/α-hetero) is 1. The molecule has 0 aliphatic heterocycles. The summed E-state index contributed by atoms with van der Waals surface area (Å²) in [6.45, 7) is 0. The normalized spacial score (nSPS) is 10.5. The van der Waals surface area contributed by atoms with Crippen molar-refractivity contribution in [2.75, 3.05) is 0 Å². The van der Waals surface area contributed by atoms with Crippen molar-refractivity contribution < 1.29 is 9.18 Å². The summed E-state index contributed by atoms with van der Waals surface area (Å²) in [4.78, 5) is 11.4. The molecule has 0 aromatic heterocycles. The van der Waals surface area contributed by atoms with E-state index >= 15 is 0 Å². The molecule has 0 amide bonds. The lowest BCUT2D eigenvalue weighted by molar-refractivity contribution is 0.101. The fraction of sp³-hybridized carbons (Fsp3) is 0.125. The van der Waals surface area contributed by atoms with E-state index < -0.39 is 15.3 Å². The molecule has 5 heteroatoms. The summed E-state index contributed by atoms with van der Waals surface area (Å²) in [7, 11) is 0. The maximum atomic E-state index is 13.1. The van der Waals surface area contributed by atoms with Gasteiger partial charge in [0.2, 0.25) is 0 Å². The van der Waals surface area contributed by atoms with Gasteiger partial charge in [-0.05, 0) is 12.1 Å². The fourth-order valence-corrected chi connectivity index (χ4v) is 1.56. The molecule has 0 atom stereocenters. The van der Waals surface area contributed by atoms with Crippen LogP contribution in [0, 0.1) is 5.82 Å². The highest BCUT2D eigenvalue weighted by Crippen LogP contribution is 2.24. The lowest BCUT2D eigenvalue weighted by Gasteiger charge is -2.04. The van der Waals surface area contributed by atoms with Gasteiger partial charge in [-0.3, -0.25) is 4.79 Å². The molecule has 0 spiro atoms. The van der Waals surface area contributed by atoms with E-state index in [2.05, 4.69) is 31.9 Å². The predicted molar refractivity (Wildman–Crippen MR) is 57.4 cm³/mol. The van der Waals surface area contributed by atoms with Gasteiger partial charge < -0.3 is 0 Å². The quantitative estimate of drug-likeness (QED) is 0.596. The van der Waals surface area contributed by atoms with Gasteiger partial charge in [0.1, 0.15) is 9.55 Å². The molecular formula is C8H4Br2ClFO. The Bertz CT molecular complexity index is 321. The van der Waals surface area contributed by atoms with Crippen LogP contribution in [0.25, 0.3) is 0 Å². The standard InChI is InChI=1S/C8H4Br2ClFO/c9-8(10)7(13)6-4(11)2-1-3-5(6)12/h1-3,8H. The van der Waals surface area contributed by atoms with Gasteiger partial charge in [-0.25, -0.2) is 4.39 Å². The number of ketones is 1. The summed E-state index contributed by atoms with van der Waals surface area (Å²) in [5, 5.41) is 0.119. The average molecular weight is 330 g/mol. The molecule has 70 valence electrons. The van der Waals surface area contributed by atoms with Crippen molar-refractivity contribution in [1.29, 1.82) is 0 Å². The molecule has 0 aliphatic rings. The molecule has 13 heavy (non-hydrogen) atoms. The largest absolute Gasteiger partial charge is 0.292 e. The van der Waals surface area contributed by atoms with Crippen LogP contribution in [-0.4, -0.2) is 9.52 Å². The minimum absolute atomic E-state index is 0.0945. The molecule has 0 bridgehead atoms. The van der Waals surface area contributed by atoms with Gasteiger partial charge in [-0.15, -0.1) is 0 Å². The van der Waals surface area contributed by atoms with E-state index in [9.17, 15) is 9.18 Å². The number of carbonyl (C=O) groups is 1. The first-order valence-electron chi connectivity index (χ1n) is 3.30. The number of hydrogen-bond acceptors (Lipinski definition) is 1. The predicted octanol–water partition coefficient (Wildman–Crippen LogP) is 3.78. The van der Waals surface area contributed by atoms with Gasteiger partial charge >= 0.3 is 0 Å². The molecule has 1 rings (SSSR count). The number of hydrogen-bond donors (Lipinski definition) is 0. The Morgan fingerprint density at radius 3 is 2.54 bits per heavy atom. The molecule has 1 aromatic rings. The van der Waals surface area contributed by atoms with Gasteiger partial charge in [0.25, 0.3) is 0 Å². The minimum Gasteiger partial charge on any atom is -0.292 e. The highest BCUT2D eigenvalue weighted by atomic mass is 79.9. The van der Waals surface area contributed by atoms with E-state index in [-0.39, 0.29) is 10.6 Å². The maximum Gasteiger partial charge on any atom is 0.191 e. The average Bonchev–Trinajstić information content (AvgIpc) is 2.03. The smallest absolute Gasteiger partial charge is 0.191 e. The summed E-state index contributed by atoms with van der Waals surface area (Å²) in [5.74, 6) is -1.04. The zero-order chi connectivity index (χ0) is 10.0. The van der Waals surface area contributed by atoms with E-state index in [4.69, 9.17) is 11.6 Å². The van der Waals surface area contributed by atoms with Crippen molar-refractivity contribution in [3.8, 4) is 0 Å². The van der Waals surface area contributed by atoms with Crippen LogP contribution < -0.4 is 0 Å². The molecule has 1 nitrogen and oxygen atoms in total. The highest BCUT2D eigenvalue weighted by Gasteiger charge is 2.20. The van der Waals surface area contributed by atoms with E-state index in [1.807, 2.05) is 0 Å². The molecule has 0 fully saturated rings. The van der Waals surface area contributed by atoms with Gasteiger partial charge in [-0.2, -0.15) is 0 Å². The van der Waals surface area contributed by atoms with Crippen molar-refractivity contribution in [3.05, 3.63) is 34.6 Å². The van der Waals surface area contributed by atoms with Crippen molar-refractivity contribution >= 4 is 49.2 Å². The van der Waals surface area contributed by atoms with Crippen LogP contribution in [-0.2, 0) is 0 Å². The Hall–Kier alpha value is 0.0700. The monoisotopic (exact) mass is 328 g/mol. The fourth-order valence-electron chi connectivity index (χ4n) is 0.842. The topological polar surface area (TPSA) is 17.1 Å². The highest BCUT2D eigenvalue weighted by molar-refractivity contribution is 9.25. The first-order valence-corrected chi connectivity index (χ1v) is 5.51. The summed E-state index contributed by atoms with van der Waals surface area (Å²) in [6, 6.07) is 4.12. The SMILES string of the molecule is O=C(c1c(F)cccc1Cl)C(Br)Br. The first-order chi connectivity index (χ1) is 6.04. The molecule has 0 saturated heterocycles. The Balaban J connectivity index is 3.20. The summed E-state index contributed by atoms with van der Waals surface area (Å²) >= 11 is 11.6. The third kappa shape index (κ3) is 2.51. The summed E-state index contributed by atoms with van der Waals surface area (Å²) in [6.07, 6.45) is 0. The zero-order valence-corrected chi connectivity index (χ0v) is 10.2. The molecule has 0 aliphatic carbocycles. The van der Waals surface area contributed by atoms with E-state index in [0.29, 0.717) is 0 Å². The van der Waals surface area contributed by atoms with Crippen LogP contribution in [0.3, 0.4) is 0 Å². The zero-order valence-electron chi connectivity index (χ0n) is 6.23. The van der Waals surface area contributed by atoms with E-state index in [1.165, 1.54) is 18.2 Å². The van der Waals surface area contributed by atoms with Crippen LogP contribution in [0.15, 0.2) is 18.2 Å². The van der Waals surface area contributed by atoms with Crippen LogP contribution in [0.1, 0.15) is 10.4 Å². The second-order valence-electron chi connectivity index (χ2n) is 2.26. The van der Waals surface area contributed by atoms with Gasteiger partial charge in [0, 0.05) is 0 Å². The van der Waals surface area contributed by atoms with Crippen molar-refractivity contribution in [2.45, 2.75) is 3.74 Å². The third-order valence-electron chi connectivity index (χ3n) is 1.41. The van der Waals surface area contributed by atoms with Crippen LogP contribution in [0.4, 0.5) is 4.39 Å². The molecule has 0 saturated carbocycles. The van der Waals surface area contributed by atoms with Crippen molar-refractivity contribution in [2.24, 2.45) is 0 Å². The molecular weight excluding hydrogens is 326 g/mol. The number of carbonyl (C=O) groups excluding carboxylic acids is 1. The Morgan fingerprint density at radius 2 is 2.08 bits per heavy atom. The summed E-state index contributed by atoms with van der Waals surface area (Å²) in [5.41, 5.74) is -0.0945. The number of alkyl halides is 2. The maximum absolute atomic E-state index is 13.1. The van der Waals surface area contributed by atoms with Crippen molar-refractivity contribution in [3.63, 3.8) is 0 Å². The van der Waals surface area contributed by atoms with E-state index in [0.717, 1.165) is 0 Å². The molecule has 1 aromatic carbocycles. The number of rotatable bonds is 2. The molecule has 0 N–H and O–H groups in total. The lowest BCUT2D eigenvalue weighted by atomic mass is 10.1. The first kappa shape index (κ1) is 11.1. The van der Waals surface area contributed by atoms with Crippen molar-refractivity contribution in [1.82, 2.24) is 0 Å². The lowest BCUT2D eigenvalue weighted by Crippen LogP contribution is -2.10. The second-order valence-corrected chi connectivity index (χ2v) is 5.73. The molecule has 0 radical (unpaired) electrons. The second kappa shape index (κ2) is 4.53. The van der Waals surface area contributed by atoms with Gasteiger partial charge in [-0.1, -0.05) is 49.5 Å². The Kier molecular flexibility index (Phi) is 3.88. The van der Waals surface area contributed by atoms with Crippen LogP contribution in [0.5, 0.6) is 0 Å².